The number of nitrogen functional groups attached to an aromatic ring is 1. The zero-order valence-electron chi connectivity index (χ0n) is 10.5. The second kappa shape index (κ2) is 7.91. The summed E-state index contributed by atoms with van der Waals surface area (Å²) in [4.78, 5) is 23.5. The maximum atomic E-state index is 11.5. The van der Waals surface area contributed by atoms with E-state index < -0.39 is 6.03 Å². The van der Waals surface area contributed by atoms with Gasteiger partial charge in [0.2, 0.25) is 5.91 Å². The van der Waals surface area contributed by atoms with E-state index in [0.29, 0.717) is 17.3 Å². The molecule has 0 aliphatic carbocycles. The van der Waals surface area contributed by atoms with Crippen molar-refractivity contribution in [1.29, 1.82) is 0 Å². The summed E-state index contributed by atoms with van der Waals surface area (Å²) >= 11 is 7.07. The fourth-order valence-corrected chi connectivity index (χ4v) is 2.26. The van der Waals surface area contributed by atoms with Crippen LogP contribution in [0.2, 0.25) is 5.02 Å². The number of anilines is 1. The van der Waals surface area contributed by atoms with Crippen molar-refractivity contribution >= 4 is 41.0 Å². The van der Waals surface area contributed by atoms with Gasteiger partial charge in [0.05, 0.1) is 5.75 Å². The number of benzene rings is 1. The predicted octanol–water partition coefficient (Wildman–Crippen LogP) is 2.25. The zero-order chi connectivity index (χ0) is 14.3. The molecule has 1 aromatic rings. The Morgan fingerprint density at radius 2 is 2.16 bits per heavy atom. The standard InChI is InChI=1S/C12H16ClN3O2S/c1-2-5-15-12(18)16-11(17)7-19-10-6-8(13)3-4-9(10)14/h3-4,6H,2,5,7,14H2,1H3,(H2,15,16,17,18). The molecule has 0 saturated carbocycles. The van der Waals surface area contributed by atoms with E-state index >= 15 is 0 Å². The number of halogens is 1. The molecule has 19 heavy (non-hydrogen) atoms. The molecule has 0 fully saturated rings. The summed E-state index contributed by atoms with van der Waals surface area (Å²) in [5.41, 5.74) is 6.31. The van der Waals surface area contributed by atoms with Crippen molar-refractivity contribution in [1.82, 2.24) is 10.6 Å². The third kappa shape index (κ3) is 5.85. The van der Waals surface area contributed by atoms with Gasteiger partial charge in [-0.1, -0.05) is 18.5 Å². The van der Waals surface area contributed by atoms with Gasteiger partial charge >= 0.3 is 6.03 Å². The molecule has 1 rings (SSSR count). The van der Waals surface area contributed by atoms with Gasteiger partial charge in [0, 0.05) is 22.2 Å². The van der Waals surface area contributed by atoms with Crippen LogP contribution in [0, 0.1) is 0 Å². The van der Waals surface area contributed by atoms with Crippen molar-refractivity contribution in [3.05, 3.63) is 23.2 Å². The molecule has 5 nitrogen and oxygen atoms in total. The third-order valence-corrected chi connectivity index (χ3v) is 3.43. The van der Waals surface area contributed by atoms with Crippen molar-refractivity contribution in [3.63, 3.8) is 0 Å². The van der Waals surface area contributed by atoms with Crippen LogP contribution in [0.5, 0.6) is 0 Å². The number of thioether (sulfide) groups is 1. The smallest absolute Gasteiger partial charge is 0.321 e. The van der Waals surface area contributed by atoms with Crippen molar-refractivity contribution in [2.45, 2.75) is 18.2 Å². The molecule has 0 saturated heterocycles. The summed E-state index contributed by atoms with van der Waals surface area (Å²) in [5.74, 6) is -0.276. The molecule has 7 heteroatoms. The van der Waals surface area contributed by atoms with Crippen LogP contribution in [-0.2, 0) is 4.79 Å². The summed E-state index contributed by atoms with van der Waals surface area (Å²) in [7, 11) is 0. The second-order valence-electron chi connectivity index (χ2n) is 3.77. The normalized spacial score (nSPS) is 10.0. The highest BCUT2D eigenvalue weighted by atomic mass is 35.5. The van der Waals surface area contributed by atoms with Crippen molar-refractivity contribution in [2.75, 3.05) is 18.0 Å². The molecule has 3 amide bonds. The molecule has 104 valence electrons. The number of carbonyl (C=O) groups is 2. The quantitative estimate of drug-likeness (QED) is 0.575. The Morgan fingerprint density at radius 1 is 1.42 bits per heavy atom. The lowest BCUT2D eigenvalue weighted by Crippen LogP contribution is -2.40. The van der Waals surface area contributed by atoms with Crippen LogP contribution >= 0.6 is 23.4 Å². The van der Waals surface area contributed by atoms with Crippen molar-refractivity contribution < 1.29 is 9.59 Å². The fourth-order valence-electron chi connectivity index (χ4n) is 1.22. The van der Waals surface area contributed by atoms with Crippen LogP contribution in [0.3, 0.4) is 0 Å². The van der Waals surface area contributed by atoms with Crippen LogP contribution in [0.15, 0.2) is 23.1 Å². The number of imide groups is 1. The first-order valence-electron chi connectivity index (χ1n) is 5.78. The number of nitrogens with one attached hydrogen (secondary N) is 2. The lowest BCUT2D eigenvalue weighted by molar-refractivity contribution is -0.117. The highest BCUT2D eigenvalue weighted by molar-refractivity contribution is 8.00. The molecule has 0 spiro atoms. The molecule has 0 unspecified atom stereocenters. The summed E-state index contributed by atoms with van der Waals surface area (Å²) in [6, 6.07) is 4.56. The van der Waals surface area contributed by atoms with Crippen LogP contribution in [0.4, 0.5) is 10.5 Å². The zero-order valence-corrected chi connectivity index (χ0v) is 12.1. The number of urea groups is 1. The Balaban J connectivity index is 2.41. The van der Waals surface area contributed by atoms with E-state index in [4.69, 9.17) is 17.3 Å². The molecular weight excluding hydrogens is 286 g/mol. The van der Waals surface area contributed by atoms with Gasteiger partial charge in [-0.25, -0.2) is 4.79 Å². The first kappa shape index (κ1) is 15.7. The number of hydrogen-bond donors (Lipinski definition) is 3. The Kier molecular flexibility index (Phi) is 6.52. The number of amides is 3. The summed E-state index contributed by atoms with van der Waals surface area (Å²) in [6.45, 7) is 2.47. The van der Waals surface area contributed by atoms with Crippen LogP contribution in [0.25, 0.3) is 0 Å². The lowest BCUT2D eigenvalue weighted by Gasteiger charge is -2.07. The van der Waals surface area contributed by atoms with Crippen LogP contribution in [0.1, 0.15) is 13.3 Å². The van der Waals surface area contributed by atoms with E-state index in [1.807, 2.05) is 6.92 Å². The van der Waals surface area contributed by atoms with Crippen molar-refractivity contribution in [2.24, 2.45) is 0 Å². The van der Waals surface area contributed by atoms with Gasteiger partial charge in [-0.3, -0.25) is 10.1 Å². The second-order valence-corrected chi connectivity index (χ2v) is 5.23. The molecule has 4 N–H and O–H groups in total. The number of rotatable bonds is 5. The molecule has 0 aromatic heterocycles. The molecule has 0 aliphatic rings. The summed E-state index contributed by atoms with van der Waals surface area (Å²) < 4.78 is 0. The Bertz CT molecular complexity index is 468. The summed E-state index contributed by atoms with van der Waals surface area (Å²) in [5, 5.41) is 5.34. The average molecular weight is 302 g/mol. The average Bonchev–Trinajstić information content (AvgIpc) is 2.37. The molecule has 0 aliphatic heterocycles. The predicted molar refractivity (Wildman–Crippen MR) is 78.4 cm³/mol. The van der Waals surface area contributed by atoms with E-state index in [2.05, 4.69) is 10.6 Å². The van der Waals surface area contributed by atoms with Gasteiger partial charge in [-0.05, 0) is 24.6 Å². The van der Waals surface area contributed by atoms with E-state index in [9.17, 15) is 9.59 Å². The fraction of sp³-hybridized carbons (Fsp3) is 0.333. The minimum Gasteiger partial charge on any atom is -0.398 e. The van der Waals surface area contributed by atoms with E-state index in [0.717, 1.165) is 11.3 Å². The van der Waals surface area contributed by atoms with E-state index in [1.165, 1.54) is 11.8 Å². The van der Waals surface area contributed by atoms with Gasteiger partial charge in [0.25, 0.3) is 0 Å². The topological polar surface area (TPSA) is 84.2 Å². The Hall–Kier alpha value is -1.40. The Morgan fingerprint density at radius 3 is 2.84 bits per heavy atom. The molecule has 1 aromatic carbocycles. The van der Waals surface area contributed by atoms with E-state index in [1.54, 1.807) is 18.2 Å². The first-order chi connectivity index (χ1) is 9.02. The minimum atomic E-state index is -0.480. The molecular formula is C12H16ClN3O2S. The largest absolute Gasteiger partial charge is 0.398 e. The highest BCUT2D eigenvalue weighted by Gasteiger charge is 2.09. The number of carbonyl (C=O) groups excluding carboxylic acids is 2. The third-order valence-electron chi connectivity index (χ3n) is 2.12. The highest BCUT2D eigenvalue weighted by Crippen LogP contribution is 2.27. The van der Waals surface area contributed by atoms with Gasteiger partial charge in [0.1, 0.15) is 0 Å². The molecule has 0 heterocycles. The van der Waals surface area contributed by atoms with Gasteiger partial charge < -0.3 is 11.1 Å². The number of hydrogen-bond acceptors (Lipinski definition) is 4. The Labute approximate surface area is 121 Å². The van der Waals surface area contributed by atoms with Gasteiger partial charge in [0.15, 0.2) is 0 Å². The SMILES string of the molecule is CCCNC(=O)NC(=O)CSc1cc(Cl)ccc1N. The van der Waals surface area contributed by atoms with Crippen LogP contribution < -0.4 is 16.4 Å². The maximum Gasteiger partial charge on any atom is 0.321 e. The number of nitrogens with two attached hydrogens (primary N) is 1. The minimum absolute atomic E-state index is 0.101. The molecule has 0 atom stereocenters. The van der Waals surface area contributed by atoms with Crippen LogP contribution in [-0.4, -0.2) is 24.2 Å². The lowest BCUT2D eigenvalue weighted by atomic mass is 10.3. The first-order valence-corrected chi connectivity index (χ1v) is 7.14. The van der Waals surface area contributed by atoms with Gasteiger partial charge in [-0.2, -0.15) is 0 Å². The van der Waals surface area contributed by atoms with Gasteiger partial charge in [-0.15, -0.1) is 11.8 Å². The maximum absolute atomic E-state index is 11.5. The van der Waals surface area contributed by atoms with E-state index in [-0.39, 0.29) is 11.7 Å². The molecule has 0 radical (unpaired) electrons. The molecule has 0 bridgehead atoms. The summed E-state index contributed by atoms with van der Waals surface area (Å²) in [6.07, 6.45) is 0.815. The monoisotopic (exact) mass is 301 g/mol. The van der Waals surface area contributed by atoms with Crippen molar-refractivity contribution in [3.8, 4) is 0 Å².